The molecule has 1 aromatic heterocycles. The van der Waals surface area contributed by atoms with Crippen molar-refractivity contribution in [1.82, 2.24) is 20.3 Å². The zero-order valence-electron chi connectivity index (χ0n) is 17.5. The Balaban J connectivity index is 1.29. The van der Waals surface area contributed by atoms with Crippen LogP contribution in [0.15, 0.2) is 24.3 Å². The van der Waals surface area contributed by atoms with Gasteiger partial charge in [0.15, 0.2) is 0 Å². The average Bonchev–Trinajstić information content (AvgIpc) is 3.55. The van der Waals surface area contributed by atoms with E-state index in [0.717, 1.165) is 51.1 Å². The number of amides is 3. The van der Waals surface area contributed by atoms with E-state index in [-0.39, 0.29) is 11.9 Å². The van der Waals surface area contributed by atoms with Crippen LogP contribution in [0.4, 0.5) is 4.79 Å². The summed E-state index contributed by atoms with van der Waals surface area (Å²) in [5, 5.41) is 12.8. The predicted octanol–water partition coefficient (Wildman–Crippen LogP) is 3.57. The minimum Gasteiger partial charge on any atom is -0.344 e. The number of fused-ring (bicyclic) bond motifs is 3. The van der Waals surface area contributed by atoms with E-state index in [4.69, 9.17) is 5.21 Å². The second kappa shape index (κ2) is 9.51. The van der Waals surface area contributed by atoms with Gasteiger partial charge in [-0.3, -0.25) is 10.0 Å². The van der Waals surface area contributed by atoms with Gasteiger partial charge in [0.1, 0.15) is 0 Å². The highest BCUT2D eigenvalue weighted by atomic mass is 16.5. The summed E-state index contributed by atoms with van der Waals surface area (Å²) in [7, 11) is 0. The minimum absolute atomic E-state index is 0.0133. The molecule has 0 saturated heterocycles. The quantitative estimate of drug-likeness (QED) is 0.334. The molecule has 0 unspecified atom stereocenters. The first-order valence-corrected chi connectivity index (χ1v) is 11.2. The zero-order valence-corrected chi connectivity index (χ0v) is 17.5. The van der Waals surface area contributed by atoms with Crippen molar-refractivity contribution < 1.29 is 14.8 Å². The summed E-state index contributed by atoms with van der Waals surface area (Å²) in [4.78, 5) is 25.6. The molecule has 2 heterocycles. The van der Waals surface area contributed by atoms with Gasteiger partial charge in [-0.25, -0.2) is 10.3 Å². The van der Waals surface area contributed by atoms with Crippen molar-refractivity contribution in [3.8, 4) is 0 Å². The lowest BCUT2D eigenvalue weighted by atomic mass is 10.0. The van der Waals surface area contributed by atoms with Crippen LogP contribution in [0, 0.1) is 5.92 Å². The zero-order chi connectivity index (χ0) is 20.9. The van der Waals surface area contributed by atoms with Crippen LogP contribution >= 0.6 is 0 Å². The van der Waals surface area contributed by atoms with Gasteiger partial charge in [-0.2, -0.15) is 0 Å². The Hall–Kier alpha value is -2.54. The third kappa shape index (κ3) is 4.78. The van der Waals surface area contributed by atoms with E-state index in [1.54, 1.807) is 5.48 Å². The number of urea groups is 1. The van der Waals surface area contributed by atoms with Crippen molar-refractivity contribution in [1.29, 1.82) is 0 Å². The number of unbranched alkanes of at least 4 members (excludes halogenated alkanes) is 3. The molecule has 30 heavy (non-hydrogen) atoms. The molecule has 3 amide bonds. The highest BCUT2D eigenvalue weighted by Crippen LogP contribution is 2.36. The molecule has 0 bridgehead atoms. The molecule has 0 atom stereocenters. The van der Waals surface area contributed by atoms with Gasteiger partial charge in [0.2, 0.25) is 5.91 Å². The van der Waals surface area contributed by atoms with Gasteiger partial charge in [0, 0.05) is 61.2 Å². The molecule has 3 N–H and O–H groups in total. The molecule has 2 aromatic rings. The number of benzene rings is 1. The van der Waals surface area contributed by atoms with Crippen LogP contribution in [-0.2, 0) is 24.3 Å². The Labute approximate surface area is 177 Å². The molecule has 0 spiro atoms. The summed E-state index contributed by atoms with van der Waals surface area (Å²) < 4.78 is 2.51. The van der Waals surface area contributed by atoms with Crippen molar-refractivity contribution in [2.75, 3.05) is 13.1 Å². The lowest BCUT2D eigenvalue weighted by Crippen LogP contribution is -2.43. The Bertz CT molecular complexity index is 903. The fourth-order valence-electron chi connectivity index (χ4n) is 4.47. The smallest absolute Gasteiger partial charge is 0.317 e. The second-order valence-electron chi connectivity index (χ2n) is 8.60. The fraction of sp³-hybridized carbons (Fsp3) is 0.565. The first-order valence-electron chi connectivity index (χ1n) is 11.2. The van der Waals surface area contributed by atoms with Crippen LogP contribution in [0.1, 0.15) is 56.2 Å². The van der Waals surface area contributed by atoms with Crippen molar-refractivity contribution in [3.05, 3.63) is 35.5 Å². The van der Waals surface area contributed by atoms with Gasteiger partial charge in [-0.1, -0.05) is 31.0 Å². The SMILES string of the molecule is O=C(CCCCCCNC(=O)N1CCc2c(c3ccccc3n2CC2CC2)C1)NO. The third-order valence-electron chi connectivity index (χ3n) is 6.32. The molecule has 1 aliphatic heterocycles. The van der Waals surface area contributed by atoms with Gasteiger partial charge in [-0.15, -0.1) is 0 Å². The largest absolute Gasteiger partial charge is 0.344 e. The molecule has 162 valence electrons. The number of nitrogens with zero attached hydrogens (tertiary/aromatic N) is 2. The molecule has 4 rings (SSSR count). The molecule has 1 saturated carbocycles. The standard InChI is InChI=1S/C23H32N4O3/c28-22(25-30)9-3-1-2-6-13-24-23(29)26-14-12-21-19(16-26)18-7-4-5-8-20(18)27(21)15-17-10-11-17/h4-5,7-8,17,30H,1-3,6,9-16H2,(H,24,29)(H,25,28). The molecule has 1 aromatic carbocycles. The van der Waals surface area contributed by atoms with Crippen molar-refractivity contribution in [2.24, 2.45) is 5.92 Å². The number of hydroxylamine groups is 1. The molecule has 2 aliphatic rings. The predicted molar refractivity (Wildman–Crippen MR) is 115 cm³/mol. The first-order chi connectivity index (χ1) is 14.7. The van der Waals surface area contributed by atoms with Crippen LogP contribution in [-0.4, -0.2) is 39.7 Å². The first kappa shape index (κ1) is 20.7. The van der Waals surface area contributed by atoms with Crippen molar-refractivity contribution >= 4 is 22.8 Å². The maximum atomic E-state index is 12.7. The summed E-state index contributed by atoms with van der Waals surface area (Å²) in [5.74, 6) is 0.482. The fourth-order valence-corrected chi connectivity index (χ4v) is 4.47. The summed E-state index contributed by atoms with van der Waals surface area (Å²) in [6.07, 6.45) is 7.44. The number of carbonyl (C=O) groups is 2. The van der Waals surface area contributed by atoms with Crippen LogP contribution in [0.3, 0.4) is 0 Å². The van der Waals surface area contributed by atoms with Gasteiger partial charge >= 0.3 is 6.03 Å². The molecular weight excluding hydrogens is 380 g/mol. The number of rotatable bonds is 9. The normalized spacial score (nSPS) is 15.8. The monoisotopic (exact) mass is 412 g/mol. The Kier molecular flexibility index (Phi) is 6.57. The van der Waals surface area contributed by atoms with E-state index in [2.05, 4.69) is 34.1 Å². The maximum absolute atomic E-state index is 12.7. The number of hydrogen-bond donors (Lipinski definition) is 3. The molecule has 1 fully saturated rings. The van der Waals surface area contributed by atoms with Gasteiger partial charge in [0.25, 0.3) is 0 Å². The van der Waals surface area contributed by atoms with Gasteiger partial charge in [-0.05, 0) is 37.7 Å². The highest BCUT2D eigenvalue weighted by molar-refractivity contribution is 5.86. The van der Waals surface area contributed by atoms with Crippen LogP contribution in [0.5, 0.6) is 0 Å². The lowest BCUT2D eigenvalue weighted by Gasteiger charge is -2.28. The van der Waals surface area contributed by atoms with Crippen LogP contribution in [0.25, 0.3) is 10.9 Å². The Morgan fingerprint density at radius 2 is 1.90 bits per heavy atom. The molecule has 7 nitrogen and oxygen atoms in total. The lowest BCUT2D eigenvalue weighted by molar-refractivity contribution is -0.129. The molecule has 0 radical (unpaired) electrons. The molecular formula is C23H32N4O3. The van der Waals surface area contributed by atoms with E-state index < -0.39 is 0 Å². The molecule has 1 aliphatic carbocycles. The van der Waals surface area contributed by atoms with Crippen LogP contribution < -0.4 is 10.8 Å². The van der Waals surface area contributed by atoms with Gasteiger partial charge in [0.05, 0.1) is 0 Å². The van der Waals surface area contributed by atoms with E-state index in [0.29, 0.717) is 19.5 Å². The minimum atomic E-state index is -0.341. The van der Waals surface area contributed by atoms with E-state index in [1.807, 2.05) is 4.90 Å². The van der Waals surface area contributed by atoms with Gasteiger partial charge < -0.3 is 14.8 Å². The highest BCUT2D eigenvalue weighted by Gasteiger charge is 2.29. The summed E-state index contributed by atoms with van der Waals surface area (Å²) in [6.45, 7) is 3.20. The Morgan fingerprint density at radius 3 is 2.70 bits per heavy atom. The summed E-state index contributed by atoms with van der Waals surface area (Å²) >= 11 is 0. The third-order valence-corrected chi connectivity index (χ3v) is 6.32. The number of hydrogen-bond acceptors (Lipinski definition) is 3. The number of nitrogens with one attached hydrogen (secondary N) is 2. The Morgan fingerprint density at radius 1 is 1.10 bits per heavy atom. The average molecular weight is 413 g/mol. The van der Waals surface area contributed by atoms with E-state index >= 15 is 0 Å². The second-order valence-corrected chi connectivity index (χ2v) is 8.60. The number of carbonyl (C=O) groups excluding carboxylic acids is 2. The summed E-state index contributed by atoms with van der Waals surface area (Å²) in [6, 6.07) is 8.62. The van der Waals surface area contributed by atoms with E-state index in [1.165, 1.54) is 35.0 Å². The maximum Gasteiger partial charge on any atom is 0.317 e. The topological polar surface area (TPSA) is 86.6 Å². The van der Waals surface area contributed by atoms with Crippen molar-refractivity contribution in [3.63, 3.8) is 0 Å². The number of aromatic nitrogens is 1. The summed E-state index contributed by atoms with van der Waals surface area (Å²) in [5.41, 5.74) is 5.69. The van der Waals surface area contributed by atoms with Crippen molar-refractivity contribution in [2.45, 2.75) is 64.5 Å². The van der Waals surface area contributed by atoms with Crippen LogP contribution in [0.2, 0.25) is 0 Å². The number of para-hydroxylation sites is 1. The molecule has 7 heteroatoms. The van der Waals surface area contributed by atoms with E-state index in [9.17, 15) is 9.59 Å².